The van der Waals surface area contributed by atoms with E-state index in [0.29, 0.717) is 6.54 Å². The molecule has 1 fully saturated rings. The van der Waals surface area contributed by atoms with Gasteiger partial charge in [-0.3, -0.25) is 4.79 Å². The molecule has 5 heteroatoms. The van der Waals surface area contributed by atoms with Crippen molar-refractivity contribution in [3.63, 3.8) is 0 Å². The molecule has 1 aliphatic rings. The highest BCUT2D eigenvalue weighted by Gasteiger charge is 2.14. The summed E-state index contributed by atoms with van der Waals surface area (Å²) >= 11 is 0. The van der Waals surface area contributed by atoms with Crippen molar-refractivity contribution >= 4 is 5.91 Å². The maximum Gasteiger partial charge on any atom is 0.251 e. The molecule has 2 aromatic rings. The molecule has 1 saturated heterocycles. The van der Waals surface area contributed by atoms with Gasteiger partial charge in [-0.25, -0.2) is 8.78 Å². The van der Waals surface area contributed by atoms with Gasteiger partial charge in [0.25, 0.3) is 5.91 Å². The Labute approximate surface area is 146 Å². The van der Waals surface area contributed by atoms with Crippen LogP contribution in [-0.2, 0) is 13.1 Å². The Balaban J connectivity index is 1.53. The average Bonchev–Trinajstić information content (AvgIpc) is 2.61. The van der Waals surface area contributed by atoms with E-state index in [4.69, 9.17) is 0 Å². The minimum Gasteiger partial charge on any atom is -0.348 e. The van der Waals surface area contributed by atoms with E-state index in [1.807, 2.05) is 12.1 Å². The van der Waals surface area contributed by atoms with E-state index in [9.17, 15) is 13.6 Å². The van der Waals surface area contributed by atoms with Crippen LogP contribution >= 0.6 is 0 Å². The third-order valence-electron chi connectivity index (χ3n) is 4.62. The monoisotopic (exact) mass is 345 g/mol. The molecule has 2 aromatic carbocycles. The average molecular weight is 345 g/mol. The van der Waals surface area contributed by atoms with Crippen molar-refractivity contribution in [1.82, 2.24) is 5.32 Å². The van der Waals surface area contributed by atoms with E-state index in [0.717, 1.165) is 30.3 Å². The SMILES string of the molecule is O=C(NCc1ccc(C[NH+]2CCCCC2)cc1)c1cc(F)cc(F)c1. The van der Waals surface area contributed by atoms with Gasteiger partial charge in [-0.2, -0.15) is 0 Å². The second kappa shape index (κ2) is 8.21. The standard InChI is InChI=1S/C20H22F2N2O/c21-18-10-17(11-19(22)12-18)20(25)23-13-15-4-6-16(7-5-15)14-24-8-2-1-3-9-24/h4-7,10-12H,1-3,8-9,13-14H2,(H,23,25)/p+1. The summed E-state index contributed by atoms with van der Waals surface area (Å²) in [5, 5.41) is 2.69. The summed E-state index contributed by atoms with van der Waals surface area (Å²) < 4.78 is 26.3. The Bertz CT molecular complexity index is 705. The quantitative estimate of drug-likeness (QED) is 0.858. The predicted octanol–water partition coefficient (Wildman–Crippen LogP) is 2.46. The fourth-order valence-corrected chi connectivity index (χ4v) is 3.26. The molecule has 0 aliphatic carbocycles. The van der Waals surface area contributed by atoms with Crippen molar-refractivity contribution < 1.29 is 18.5 Å². The van der Waals surface area contributed by atoms with Crippen LogP contribution in [0, 0.1) is 11.6 Å². The number of carbonyl (C=O) groups is 1. The van der Waals surface area contributed by atoms with Crippen LogP contribution in [0.1, 0.15) is 40.7 Å². The van der Waals surface area contributed by atoms with Crippen LogP contribution in [0.4, 0.5) is 8.78 Å². The number of likely N-dealkylation sites (tertiary alicyclic amines) is 1. The maximum atomic E-state index is 13.2. The summed E-state index contributed by atoms with van der Waals surface area (Å²) in [5.41, 5.74) is 2.24. The number of benzene rings is 2. The van der Waals surface area contributed by atoms with Gasteiger partial charge >= 0.3 is 0 Å². The molecule has 1 amide bonds. The summed E-state index contributed by atoms with van der Waals surface area (Å²) in [6, 6.07) is 11.0. The molecule has 3 rings (SSSR count). The van der Waals surface area contributed by atoms with E-state index in [1.165, 1.54) is 37.9 Å². The predicted molar refractivity (Wildman–Crippen MR) is 92.2 cm³/mol. The van der Waals surface area contributed by atoms with Crippen molar-refractivity contribution in [2.24, 2.45) is 0 Å². The summed E-state index contributed by atoms with van der Waals surface area (Å²) in [5.74, 6) is -2.00. The number of halogens is 2. The highest BCUT2D eigenvalue weighted by molar-refractivity contribution is 5.94. The third-order valence-corrected chi connectivity index (χ3v) is 4.62. The smallest absolute Gasteiger partial charge is 0.251 e. The van der Waals surface area contributed by atoms with E-state index < -0.39 is 17.5 Å². The number of piperidine rings is 1. The molecule has 1 heterocycles. The zero-order chi connectivity index (χ0) is 17.6. The molecule has 0 unspecified atom stereocenters. The van der Waals surface area contributed by atoms with Crippen molar-refractivity contribution in [3.05, 3.63) is 70.8 Å². The number of rotatable bonds is 5. The first-order valence-corrected chi connectivity index (χ1v) is 8.76. The Morgan fingerprint density at radius 1 is 0.920 bits per heavy atom. The van der Waals surface area contributed by atoms with Crippen LogP contribution in [0.15, 0.2) is 42.5 Å². The maximum absolute atomic E-state index is 13.2. The van der Waals surface area contributed by atoms with Gasteiger partial charge in [0, 0.05) is 23.7 Å². The number of hydrogen-bond donors (Lipinski definition) is 2. The topological polar surface area (TPSA) is 33.5 Å². The number of carbonyl (C=O) groups excluding carboxylic acids is 1. The fraction of sp³-hybridized carbons (Fsp3) is 0.350. The molecule has 1 aliphatic heterocycles. The Hall–Kier alpha value is -2.27. The lowest BCUT2D eigenvalue weighted by molar-refractivity contribution is -0.918. The fourth-order valence-electron chi connectivity index (χ4n) is 3.26. The molecule has 2 N–H and O–H groups in total. The van der Waals surface area contributed by atoms with E-state index in [2.05, 4.69) is 17.4 Å². The lowest BCUT2D eigenvalue weighted by Crippen LogP contribution is -3.11. The number of nitrogens with one attached hydrogen (secondary N) is 2. The van der Waals surface area contributed by atoms with E-state index >= 15 is 0 Å². The zero-order valence-corrected chi connectivity index (χ0v) is 14.2. The van der Waals surface area contributed by atoms with E-state index in [1.54, 1.807) is 4.90 Å². The minimum absolute atomic E-state index is 0.0113. The largest absolute Gasteiger partial charge is 0.348 e. The van der Waals surface area contributed by atoms with Crippen molar-refractivity contribution in [2.45, 2.75) is 32.4 Å². The Morgan fingerprint density at radius 2 is 1.52 bits per heavy atom. The highest BCUT2D eigenvalue weighted by atomic mass is 19.1. The second-order valence-corrected chi connectivity index (χ2v) is 6.64. The normalized spacial score (nSPS) is 15.1. The molecular formula is C20H23F2N2O+. The van der Waals surface area contributed by atoms with Crippen LogP contribution < -0.4 is 10.2 Å². The van der Waals surface area contributed by atoms with Crippen molar-refractivity contribution in [1.29, 1.82) is 0 Å². The van der Waals surface area contributed by atoms with Crippen molar-refractivity contribution in [2.75, 3.05) is 13.1 Å². The lowest BCUT2D eigenvalue weighted by Gasteiger charge is -2.23. The summed E-state index contributed by atoms with van der Waals surface area (Å²) in [6.07, 6.45) is 3.96. The van der Waals surface area contributed by atoms with Gasteiger partial charge < -0.3 is 10.2 Å². The van der Waals surface area contributed by atoms with Gasteiger partial charge in [-0.15, -0.1) is 0 Å². The van der Waals surface area contributed by atoms with Crippen LogP contribution in [0.2, 0.25) is 0 Å². The lowest BCUT2D eigenvalue weighted by atomic mass is 10.1. The zero-order valence-electron chi connectivity index (χ0n) is 14.2. The molecule has 0 spiro atoms. The first kappa shape index (κ1) is 17.5. The van der Waals surface area contributed by atoms with Crippen LogP contribution in [0.5, 0.6) is 0 Å². The molecule has 25 heavy (non-hydrogen) atoms. The van der Waals surface area contributed by atoms with Gasteiger partial charge in [-0.05, 0) is 37.0 Å². The molecule has 0 bridgehead atoms. The Morgan fingerprint density at radius 3 is 2.16 bits per heavy atom. The van der Waals surface area contributed by atoms with Crippen LogP contribution in [0.25, 0.3) is 0 Å². The molecule has 0 atom stereocenters. The second-order valence-electron chi connectivity index (χ2n) is 6.64. The van der Waals surface area contributed by atoms with Gasteiger partial charge in [-0.1, -0.05) is 24.3 Å². The molecule has 3 nitrogen and oxygen atoms in total. The highest BCUT2D eigenvalue weighted by Crippen LogP contribution is 2.09. The summed E-state index contributed by atoms with van der Waals surface area (Å²) in [4.78, 5) is 13.6. The van der Waals surface area contributed by atoms with Crippen LogP contribution in [-0.4, -0.2) is 19.0 Å². The third kappa shape index (κ3) is 5.10. The molecule has 0 saturated carbocycles. The van der Waals surface area contributed by atoms with Crippen molar-refractivity contribution in [3.8, 4) is 0 Å². The number of amides is 1. The molecule has 0 aromatic heterocycles. The van der Waals surface area contributed by atoms with Gasteiger partial charge in [0.15, 0.2) is 0 Å². The first-order valence-electron chi connectivity index (χ1n) is 8.76. The summed E-state index contributed by atoms with van der Waals surface area (Å²) in [6.45, 7) is 3.84. The van der Waals surface area contributed by atoms with Gasteiger partial charge in [0.2, 0.25) is 0 Å². The first-order chi connectivity index (χ1) is 12.1. The Kier molecular flexibility index (Phi) is 5.76. The van der Waals surface area contributed by atoms with E-state index in [-0.39, 0.29) is 5.56 Å². The van der Waals surface area contributed by atoms with Gasteiger partial charge in [0.05, 0.1) is 13.1 Å². The number of hydrogen-bond acceptors (Lipinski definition) is 1. The molecule has 132 valence electrons. The minimum atomic E-state index is -0.755. The van der Waals surface area contributed by atoms with Gasteiger partial charge in [0.1, 0.15) is 18.2 Å². The van der Waals surface area contributed by atoms with Crippen LogP contribution in [0.3, 0.4) is 0 Å². The molecular weight excluding hydrogens is 322 g/mol. The summed E-state index contributed by atoms with van der Waals surface area (Å²) in [7, 11) is 0. The molecule has 0 radical (unpaired) electrons. The number of quaternary nitrogens is 1.